The number of rotatable bonds is 3. The van der Waals surface area contributed by atoms with Crippen LogP contribution < -0.4 is 0 Å². The van der Waals surface area contributed by atoms with E-state index in [9.17, 15) is 14.7 Å². The van der Waals surface area contributed by atoms with Crippen LogP contribution in [0.4, 0.5) is 0 Å². The molecule has 2 amide bonds. The molecule has 2 aliphatic rings. The summed E-state index contributed by atoms with van der Waals surface area (Å²) in [6.45, 7) is 1.86. The highest BCUT2D eigenvalue weighted by Gasteiger charge is 2.50. The molecule has 0 unspecified atom stereocenters. The summed E-state index contributed by atoms with van der Waals surface area (Å²) in [6.07, 6.45) is 6.53. The van der Waals surface area contributed by atoms with Gasteiger partial charge in [0.1, 0.15) is 5.60 Å². The van der Waals surface area contributed by atoms with Crippen molar-refractivity contribution in [3.05, 3.63) is 54.5 Å². The lowest BCUT2D eigenvalue weighted by Crippen LogP contribution is -2.53. The van der Waals surface area contributed by atoms with Crippen molar-refractivity contribution >= 4 is 17.6 Å². The van der Waals surface area contributed by atoms with Crippen molar-refractivity contribution in [3.8, 4) is 11.3 Å². The summed E-state index contributed by atoms with van der Waals surface area (Å²) in [7, 11) is 0. The number of carbonyl (C=O) groups is 2. The van der Waals surface area contributed by atoms with Gasteiger partial charge in [0.2, 0.25) is 5.78 Å². The highest BCUT2D eigenvalue weighted by molar-refractivity contribution is 5.95. The number of carbonyl (C=O) groups excluding carboxylic acids is 2. The van der Waals surface area contributed by atoms with Gasteiger partial charge in [0, 0.05) is 55.9 Å². The molecule has 1 saturated carbocycles. The number of benzene rings is 1. The van der Waals surface area contributed by atoms with Gasteiger partial charge in [0.15, 0.2) is 0 Å². The average Bonchev–Trinajstić information content (AvgIpc) is 3.34. The second kappa shape index (κ2) is 6.66. The van der Waals surface area contributed by atoms with Crippen molar-refractivity contribution < 1.29 is 14.7 Å². The van der Waals surface area contributed by atoms with E-state index in [1.165, 1.54) is 0 Å². The number of hydrogen-bond donors (Lipinski definition) is 1. The quantitative estimate of drug-likeness (QED) is 0.725. The maximum Gasteiger partial charge on any atom is 0.254 e. The summed E-state index contributed by atoms with van der Waals surface area (Å²) in [6, 6.07) is 9.30. The maximum atomic E-state index is 12.8. The van der Waals surface area contributed by atoms with Crippen LogP contribution in [0.1, 0.15) is 23.2 Å². The molecule has 0 spiro atoms. The van der Waals surface area contributed by atoms with Gasteiger partial charge in [-0.15, -0.1) is 0 Å². The van der Waals surface area contributed by atoms with Gasteiger partial charge >= 0.3 is 0 Å². The number of aromatic nitrogens is 3. The minimum Gasteiger partial charge on any atom is -0.380 e. The summed E-state index contributed by atoms with van der Waals surface area (Å²) >= 11 is 0. The molecular formula is C21H21N5O3. The zero-order valence-electron chi connectivity index (χ0n) is 15.9. The van der Waals surface area contributed by atoms with E-state index >= 15 is 0 Å². The van der Waals surface area contributed by atoms with Gasteiger partial charge < -0.3 is 14.9 Å². The Bertz CT molecular complexity index is 1080. The topological polar surface area (TPSA) is 91.0 Å². The Labute approximate surface area is 167 Å². The first-order chi connectivity index (χ1) is 14.0. The van der Waals surface area contributed by atoms with Crippen molar-refractivity contribution in [3.63, 3.8) is 0 Å². The van der Waals surface area contributed by atoms with Crippen molar-refractivity contribution in [2.24, 2.45) is 0 Å². The third-order valence-corrected chi connectivity index (χ3v) is 5.67. The van der Waals surface area contributed by atoms with Gasteiger partial charge in [-0.05, 0) is 31.0 Å². The minimum absolute atomic E-state index is 0.0505. The molecule has 29 heavy (non-hydrogen) atoms. The van der Waals surface area contributed by atoms with Gasteiger partial charge in [0.25, 0.3) is 11.8 Å². The van der Waals surface area contributed by atoms with Gasteiger partial charge in [0.05, 0.1) is 5.69 Å². The third-order valence-electron chi connectivity index (χ3n) is 5.67. The van der Waals surface area contributed by atoms with Crippen LogP contribution in [0.3, 0.4) is 0 Å². The van der Waals surface area contributed by atoms with Crippen LogP contribution in [0, 0.1) is 0 Å². The van der Waals surface area contributed by atoms with E-state index in [2.05, 4.69) is 9.97 Å². The van der Waals surface area contributed by atoms with E-state index < -0.39 is 5.60 Å². The van der Waals surface area contributed by atoms with Crippen LogP contribution in [0.2, 0.25) is 0 Å². The molecule has 5 rings (SSSR count). The molecule has 3 aromatic rings. The summed E-state index contributed by atoms with van der Waals surface area (Å²) < 4.78 is 1.84. The van der Waals surface area contributed by atoms with E-state index in [0.29, 0.717) is 50.4 Å². The van der Waals surface area contributed by atoms with Crippen molar-refractivity contribution in [2.45, 2.75) is 18.4 Å². The summed E-state index contributed by atoms with van der Waals surface area (Å²) in [5.41, 5.74) is 1.18. The van der Waals surface area contributed by atoms with E-state index in [1.807, 2.05) is 35.0 Å². The average molecular weight is 391 g/mol. The maximum absolute atomic E-state index is 12.8. The Morgan fingerprint density at radius 1 is 0.931 bits per heavy atom. The molecular weight excluding hydrogens is 370 g/mol. The fourth-order valence-corrected chi connectivity index (χ4v) is 3.67. The Hall–Kier alpha value is -3.26. The smallest absolute Gasteiger partial charge is 0.254 e. The molecule has 8 heteroatoms. The molecule has 0 radical (unpaired) electrons. The molecule has 0 atom stereocenters. The molecule has 3 heterocycles. The number of hydrogen-bond acceptors (Lipinski definition) is 5. The Morgan fingerprint density at radius 2 is 1.62 bits per heavy atom. The Morgan fingerprint density at radius 3 is 2.31 bits per heavy atom. The molecule has 148 valence electrons. The standard InChI is InChI=1S/C21H21N5O3/c27-18(24-11-13-25(14-12-24)19(28)21(29)6-7-21)16-3-1-15(2-4-16)17-5-9-26-10-8-22-20(26)23-17/h1-5,8-10,29H,6-7,11-14H2. The first kappa shape index (κ1) is 17.8. The first-order valence-electron chi connectivity index (χ1n) is 9.75. The molecule has 1 aliphatic heterocycles. The molecule has 8 nitrogen and oxygen atoms in total. The van der Waals surface area contributed by atoms with Crippen molar-refractivity contribution in [2.75, 3.05) is 26.2 Å². The molecule has 1 aliphatic carbocycles. The minimum atomic E-state index is -1.14. The monoisotopic (exact) mass is 391 g/mol. The first-order valence-corrected chi connectivity index (χ1v) is 9.75. The second-order valence-corrected chi connectivity index (χ2v) is 7.64. The molecule has 2 aromatic heterocycles. The molecule has 0 bridgehead atoms. The fraction of sp³-hybridized carbons (Fsp3) is 0.333. The zero-order valence-corrected chi connectivity index (χ0v) is 15.9. The third kappa shape index (κ3) is 3.25. The predicted molar refractivity (Wildman–Crippen MR) is 105 cm³/mol. The lowest BCUT2D eigenvalue weighted by Gasteiger charge is -2.35. The molecule has 1 saturated heterocycles. The Balaban J connectivity index is 1.25. The number of aliphatic hydroxyl groups is 1. The Kier molecular flexibility index (Phi) is 4.09. The zero-order chi connectivity index (χ0) is 20.0. The van der Waals surface area contributed by atoms with Gasteiger partial charge in [-0.25, -0.2) is 9.97 Å². The van der Waals surface area contributed by atoms with Gasteiger partial charge in [-0.1, -0.05) is 12.1 Å². The van der Waals surface area contributed by atoms with Crippen LogP contribution in [-0.4, -0.2) is 72.9 Å². The second-order valence-electron chi connectivity index (χ2n) is 7.64. The lowest BCUT2D eigenvalue weighted by atomic mass is 10.1. The van der Waals surface area contributed by atoms with Crippen LogP contribution >= 0.6 is 0 Å². The summed E-state index contributed by atoms with van der Waals surface area (Å²) in [4.78, 5) is 37.2. The summed E-state index contributed by atoms with van der Waals surface area (Å²) in [5, 5.41) is 9.99. The van der Waals surface area contributed by atoms with Gasteiger partial charge in [-0.3, -0.25) is 14.0 Å². The van der Waals surface area contributed by atoms with Crippen molar-refractivity contribution in [1.29, 1.82) is 0 Å². The highest BCUT2D eigenvalue weighted by atomic mass is 16.3. The SMILES string of the molecule is O=C(c1ccc(-c2ccn3ccnc3n2)cc1)N1CCN(C(=O)C2(O)CC2)CC1. The predicted octanol–water partition coefficient (Wildman–Crippen LogP) is 1.21. The van der Waals surface area contributed by atoms with Crippen LogP contribution in [0.15, 0.2) is 48.9 Å². The number of fused-ring (bicyclic) bond motifs is 1. The summed E-state index contributed by atoms with van der Waals surface area (Å²) in [5.74, 6) is 0.382. The van der Waals surface area contributed by atoms with E-state index in [-0.39, 0.29) is 11.8 Å². The number of piperazine rings is 1. The molecule has 2 fully saturated rings. The number of imidazole rings is 1. The van der Waals surface area contributed by atoms with Gasteiger partial charge in [-0.2, -0.15) is 0 Å². The van der Waals surface area contributed by atoms with E-state index in [1.54, 1.807) is 28.1 Å². The van der Waals surface area contributed by atoms with Crippen LogP contribution in [-0.2, 0) is 4.79 Å². The highest BCUT2D eigenvalue weighted by Crippen LogP contribution is 2.37. The van der Waals surface area contributed by atoms with Crippen LogP contribution in [0.5, 0.6) is 0 Å². The van der Waals surface area contributed by atoms with Crippen LogP contribution in [0.25, 0.3) is 17.0 Å². The normalized spacial score (nSPS) is 18.1. The fourth-order valence-electron chi connectivity index (χ4n) is 3.67. The van der Waals surface area contributed by atoms with Crippen molar-refractivity contribution in [1.82, 2.24) is 24.2 Å². The van der Waals surface area contributed by atoms with E-state index in [4.69, 9.17) is 0 Å². The number of amides is 2. The molecule has 1 aromatic carbocycles. The number of nitrogens with zero attached hydrogens (tertiary/aromatic N) is 5. The molecule has 1 N–H and O–H groups in total. The lowest BCUT2D eigenvalue weighted by molar-refractivity contribution is -0.143. The largest absolute Gasteiger partial charge is 0.380 e. The van der Waals surface area contributed by atoms with E-state index in [0.717, 1.165) is 11.3 Å².